The molecule has 0 aromatic heterocycles. The molecule has 1 aliphatic heterocycles. The number of aliphatic hydroxyl groups is 2. The molecule has 0 radical (unpaired) electrons. The highest BCUT2D eigenvalue weighted by atomic mass is 16.6. The van der Waals surface area contributed by atoms with E-state index in [0.717, 1.165) is 0 Å². The number of rotatable bonds is 5. The quantitative estimate of drug-likeness (QED) is 0.636. The van der Waals surface area contributed by atoms with E-state index >= 15 is 0 Å². The van der Waals surface area contributed by atoms with Gasteiger partial charge in [0.1, 0.15) is 24.4 Å². The topological polar surface area (TPSA) is 94.2 Å². The van der Waals surface area contributed by atoms with Gasteiger partial charge >= 0.3 is 0 Å². The first-order valence-corrected chi connectivity index (χ1v) is 6.65. The lowest BCUT2D eigenvalue weighted by atomic mass is 9.85. The molecule has 114 valence electrons. The van der Waals surface area contributed by atoms with Crippen LogP contribution in [0.1, 0.15) is 27.7 Å². The molecule has 0 aromatic carbocycles. The van der Waals surface area contributed by atoms with Crippen molar-refractivity contribution in [1.29, 1.82) is 0 Å². The SMILES string of the molecule is COC(C)(C)C1OC(CO)C(OC(C)C)C(O)C1N. The molecule has 0 spiro atoms. The lowest BCUT2D eigenvalue weighted by Crippen LogP contribution is -2.67. The van der Waals surface area contributed by atoms with Crippen molar-refractivity contribution in [2.45, 2.75) is 69.9 Å². The molecule has 1 aliphatic rings. The Hall–Kier alpha value is -0.240. The number of aliphatic hydroxyl groups excluding tert-OH is 2. The molecule has 19 heavy (non-hydrogen) atoms. The molecule has 0 amide bonds. The van der Waals surface area contributed by atoms with Crippen LogP contribution in [0.3, 0.4) is 0 Å². The Bertz CT molecular complexity index is 282. The van der Waals surface area contributed by atoms with Gasteiger partial charge in [-0.1, -0.05) is 0 Å². The van der Waals surface area contributed by atoms with Crippen molar-refractivity contribution in [3.05, 3.63) is 0 Å². The molecular weight excluding hydrogens is 250 g/mol. The van der Waals surface area contributed by atoms with Gasteiger partial charge in [0, 0.05) is 7.11 Å². The summed E-state index contributed by atoms with van der Waals surface area (Å²) in [6, 6.07) is -0.638. The highest BCUT2D eigenvalue weighted by Crippen LogP contribution is 2.30. The smallest absolute Gasteiger partial charge is 0.114 e. The summed E-state index contributed by atoms with van der Waals surface area (Å²) >= 11 is 0. The Morgan fingerprint density at radius 2 is 1.95 bits per heavy atom. The van der Waals surface area contributed by atoms with Crippen LogP contribution in [-0.4, -0.2) is 66.1 Å². The van der Waals surface area contributed by atoms with Gasteiger partial charge in [-0.3, -0.25) is 0 Å². The van der Waals surface area contributed by atoms with Crippen LogP contribution in [0.15, 0.2) is 0 Å². The van der Waals surface area contributed by atoms with Gasteiger partial charge in [0.15, 0.2) is 0 Å². The van der Waals surface area contributed by atoms with Crippen molar-refractivity contribution in [1.82, 2.24) is 0 Å². The number of ether oxygens (including phenoxy) is 3. The molecule has 0 aliphatic carbocycles. The monoisotopic (exact) mass is 277 g/mol. The molecule has 5 unspecified atom stereocenters. The second kappa shape index (κ2) is 6.47. The van der Waals surface area contributed by atoms with E-state index in [2.05, 4.69) is 0 Å². The first-order chi connectivity index (χ1) is 8.74. The predicted octanol–water partition coefficient (Wildman–Crippen LogP) is -0.347. The molecule has 1 saturated heterocycles. The van der Waals surface area contributed by atoms with E-state index in [1.807, 2.05) is 27.7 Å². The van der Waals surface area contributed by atoms with Crippen molar-refractivity contribution < 1.29 is 24.4 Å². The lowest BCUT2D eigenvalue weighted by molar-refractivity contribution is -0.249. The highest BCUT2D eigenvalue weighted by Gasteiger charge is 2.49. The van der Waals surface area contributed by atoms with Crippen molar-refractivity contribution in [3.8, 4) is 0 Å². The van der Waals surface area contributed by atoms with E-state index in [0.29, 0.717) is 0 Å². The van der Waals surface area contributed by atoms with Gasteiger partial charge in [-0.25, -0.2) is 0 Å². The molecule has 1 heterocycles. The number of hydrogen-bond acceptors (Lipinski definition) is 6. The van der Waals surface area contributed by atoms with E-state index in [-0.39, 0.29) is 12.7 Å². The van der Waals surface area contributed by atoms with Crippen LogP contribution in [-0.2, 0) is 14.2 Å². The Labute approximate surface area is 114 Å². The van der Waals surface area contributed by atoms with E-state index in [1.54, 1.807) is 7.11 Å². The zero-order chi connectivity index (χ0) is 14.8. The fourth-order valence-electron chi connectivity index (χ4n) is 2.35. The Morgan fingerprint density at radius 3 is 2.37 bits per heavy atom. The number of methoxy groups -OCH3 is 1. The zero-order valence-electron chi connectivity index (χ0n) is 12.4. The second-order valence-corrected chi connectivity index (χ2v) is 5.80. The molecule has 5 atom stereocenters. The molecule has 0 aromatic rings. The maximum absolute atomic E-state index is 10.3. The van der Waals surface area contributed by atoms with Crippen LogP contribution in [0.25, 0.3) is 0 Å². The third kappa shape index (κ3) is 3.65. The minimum atomic E-state index is -0.910. The summed E-state index contributed by atoms with van der Waals surface area (Å²) in [5.74, 6) is 0. The molecule has 1 rings (SSSR count). The molecule has 4 N–H and O–H groups in total. The molecule has 6 nitrogen and oxygen atoms in total. The van der Waals surface area contributed by atoms with Crippen LogP contribution in [0.2, 0.25) is 0 Å². The first kappa shape index (κ1) is 16.8. The Kier molecular flexibility index (Phi) is 5.73. The van der Waals surface area contributed by atoms with Gasteiger partial charge in [-0.15, -0.1) is 0 Å². The Morgan fingerprint density at radius 1 is 1.37 bits per heavy atom. The van der Waals surface area contributed by atoms with Gasteiger partial charge in [-0.05, 0) is 27.7 Å². The maximum Gasteiger partial charge on any atom is 0.114 e. The third-order valence-electron chi connectivity index (χ3n) is 3.59. The molecule has 1 fully saturated rings. The van der Waals surface area contributed by atoms with Gasteiger partial charge in [0.2, 0.25) is 0 Å². The van der Waals surface area contributed by atoms with Crippen LogP contribution in [0.4, 0.5) is 0 Å². The average Bonchev–Trinajstić information content (AvgIpc) is 2.34. The average molecular weight is 277 g/mol. The minimum Gasteiger partial charge on any atom is -0.394 e. The molecule has 6 heteroatoms. The summed E-state index contributed by atoms with van der Waals surface area (Å²) in [5.41, 5.74) is 5.39. The van der Waals surface area contributed by atoms with Crippen molar-refractivity contribution in [2.24, 2.45) is 5.73 Å². The van der Waals surface area contributed by atoms with Gasteiger partial charge in [0.05, 0.1) is 24.4 Å². The van der Waals surface area contributed by atoms with Crippen molar-refractivity contribution in [3.63, 3.8) is 0 Å². The summed E-state index contributed by atoms with van der Waals surface area (Å²) in [4.78, 5) is 0. The highest BCUT2D eigenvalue weighted by molar-refractivity contribution is 5.01. The Balaban J connectivity index is 2.91. The van der Waals surface area contributed by atoms with E-state index < -0.39 is 36.1 Å². The standard InChI is InChI=1S/C13H27NO5/c1-7(2)18-11-8(6-15)19-12(9(14)10(11)16)13(3,4)17-5/h7-12,15-16H,6,14H2,1-5H3. The largest absolute Gasteiger partial charge is 0.394 e. The summed E-state index contributed by atoms with van der Waals surface area (Å²) in [5, 5.41) is 19.8. The molecule has 0 bridgehead atoms. The van der Waals surface area contributed by atoms with E-state index in [4.69, 9.17) is 19.9 Å². The van der Waals surface area contributed by atoms with Gasteiger partial charge < -0.3 is 30.2 Å². The molecular formula is C13H27NO5. The zero-order valence-corrected chi connectivity index (χ0v) is 12.4. The van der Waals surface area contributed by atoms with E-state index in [9.17, 15) is 10.2 Å². The van der Waals surface area contributed by atoms with Gasteiger partial charge in [-0.2, -0.15) is 0 Å². The van der Waals surface area contributed by atoms with Crippen LogP contribution >= 0.6 is 0 Å². The summed E-state index contributed by atoms with van der Waals surface area (Å²) in [6.07, 6.45) is -2.76. The number of hydrogen-bond donors (Lipinski definition) is 3. The van der Waals surface area contributed by atoms with Gasteiger partial charge in [0.25, 0.3) is 0 Å². The molecule has 0 saturated carbocycles. The third-order valence-corrected chi connectivity index (χ3v) is 3.59. The second-order valence-electron chi connectivity index (χ2n) is 5.80. The van der Waals surface area contributed by atoms with Crippen LogP contribution < -0.4 is 5.73 Å². The normalized spacial score (nSPS) is 36.8. The predicted molar refractivity (Wildman–Crippen MR) is 70.8 cm³/mol. The summed E-state index contributed by atoms with van der Waals surface area (Å²) < 4.78 is 16.8. The van der Waals surface area contributed by atoms with E-state index in [1.165, 1.54) is 0 Å². The summed E-state index contributed by atoms with van der Waals surface area (Å²) in [6.45, 7) is 7.15. The maximum atomic E-state index is 10.3. The fourth-order valence-corrected chi connectivity index (χ4v) is 2.35. The lowest BCUT2D eigenvalue weighted by Gasteiger charge is -2.48. The van der Waals surface area contributed by atoms with Crippen LogP contribution in [0.5, 0.6) is 0 Å². The number of nitrogens with two attached hydrogens (primary N) is 1. The fraction of sp³-hybridized carbons (Fsp3) is 1.00. The van der Waals surface area contributed by atoms with Crippen molar-refractivity contribution >= 4 is 0 Å². The minimum absolute atomic E-state index is 0.0866. The van der Waals surface area contributed by atoms with Crippen molar-refractivity contribution in [2.75, 3.05) is 13.7 Å². The first-order valence-electron chi connectivity index (χ1n) is 6.65. The summed E-state index contributed by atoms with van der Waals surface area (Å²) in [7, 11) is 1.56. The van der Waals surface area contributed by atoms with Crippen LogP contribution in [0, 0.1) is 0 Å².